The maximum Gasteiger partial charge on any atom is 0.240 e. The van der Waals surface area contributed by atoms with Crippen molar-refractivity contribution in [3.8, 4) is 5.75 Å². The number of halogens is 1. The van der Waals surface area contributed by atoms with Crippen molar-refractivity contribution in [2.75, 3.05) is 7.11 Å². The molecular weight excluding hydrogens is 316 g/mol. The molecular formula is C17H23ClN2O3. The highest BCUT2D eigenvalue weighted by Gasteiger charge is 2.23. The van der Waals surface area contributed by atoms with Crippen molar-refractivity contribution in [3.63, 3.8) is 0 Å². The van der Waals surface area contributed by atoms with Gasteiger partial charge in [0.1, 0.15) is 11.8 Å². The van der Waals surface area contributed by atoms with E-state index in [9.17, 15) is 9.59 Å². The number of ether oxygens (including phenoxy) is 1. The largest absolute Gasteiger partial charge is 0.495 e. The zero-order valence-electron chi connectivity index (χ0n) is 13.3. The van der Waals surface area contributed by atoms with Crippen LogP contribution < -0.4 is 15.8 Å². The highest BCUT2D eigenvalue weighted by molar-refractivity contribution is 6.32. The van der Waals surface area contributed by atoms with Gasteiger partial charge in [-0.25, -0.2) is 0 Å². The highest BCUT2D eigenvalue weighted by atomic mass is 35.5. The number of nitrogens with one attached hydrogen (secondary N) is 1. The molecule has 0 unspecified atom stereocenters. The van der Waals surface area contributed by atoms with Crippen LogP contribution in [-0.2, 0) is 16.0 Å². The first-order valence-electron chi connectivity index (χ1n) is 7.90. The van der Waals surface area contributed by atoms with Crippen molar-refractivity contribution in [2.24, 2.45) is 11.7 Å². The quantitative estimate of drug-likeness (QED) is 0.801. The Balaban J connectivity index is 1.96. The van der Waals surface area contributed by atoms with Crippen molar-refractivity contribution < 1.29 is 14.3 Å². The fourth-order valence-corrected chi connectivity index (χ4v) is 3.31. The zero-order chi connectivity index (χ0) is 16.8. The van der Waals surface area contributed by atoms with Crippen LogP contribution in [0.15, 0.2) is 18.2 Å². The van der Waals surface area contributed by atoms with Crippen LogP contribution in [0.4, 0.5) is 0 Å². The predicted molar refractivity (Wildman–Crippen MR) is 89.4 cm³/mol. The summed E-state index contributed by atoms with van der Waals surface area (Å²) in [6.45, 7) is 0. The first-order valence-corrected chi connectivity index (χ1v) is 8.28. The lowest BCUT2D eigenvalue weighted by atomic mass is 10.0. The molecule has 3 N–H and O–H groups in total. The van der Waals surface area contributed by atoms with Gasteiger partial charge in [0, 0.05) is 12.8 Å². The number of benzene rings is 1. The lowest BCUT2D eigenvalue weighted by Gasteiger charge is -2.17. The number of methoxy groups -OCH3 is 1. The van der Waals surface area contributed by atoms with Gasteiger partial charge in [0.15, 0.2) is 0 Å². The van der Waals surface area contributed by atoms with E-state index >= 15 is 0 Å². The molecule has 1 aromatic carbocycles. The Morgan fingerprint density at radius 2 is 2.09 bits per heavy atom. The molecule has 5 nitrogen and oxygen atoms in total. The number of nitrogens with two attached hydrogens (primary N) is 1. The molecule has 0 bridgehead atoms. The van der Waals surface area contributed by atoms with Crippen molar-refractivity contribution >= 4 is 23.4 Å². The molecule has 0 heterocycles. The minimum absolute atomic E-state index is 0.111. The van der Waals surface area contributed by atoms with Gasteiger partial charge in [-0.1, -0.05) is 30.5 Å². The third-order valence-corrected chi connectivity index (χ3v) is 4.58. The van der Waals surface area contributed by atoms with Crippen LogP contribution in [0.25, 0.3) is 0 Å². The molecule has 0 aliphatic heterocycles. The number of rotatable bonds is 7. The summed E-state index contributed by atoms with van der Waals surface area (Å²) >= 11 is 6.08. The molecule has 126 valence electrons. The smallest absolute Gasteiger partial charge is 0.240 e. The molecule has 1 fully saturated rings. The minimum atomic E-state index is -0.728. The summed E-state index contributed by atoms with van der Waals surface area (Å²) in [6, 6.07) is 4.53. The standard InChI is InChI=1S/C17H23ClN2O3/c1-23-15-7-6-12(8-13(15)18)9-14(17(19)22)20-16(21)10-11-4-2-3-5-11/h6-8,11,14H,2-5,9-10H2,1H3,(H2,19,22)(H,20,21)/t14-/m0/s1. The predicted octanol–water partition coefficient (Wildman–Crippen LogP) is 2.44. The van der Waals surface area contributed by atoms with Gasteiger partial charge in [-0.15, -0.1) is 0 Å². The maximum absolute atomic E-state index is 12.1. The van der Waals surface area contributed by atoms with Crippen LogP contribution in [0.1, 0.15) is 37.7 Å². The second kappa shape index (κ2) is 8.20. The van der Waals surface area contributed by atoms with Crippen LogP contribution in [0.3, 0.4) is 0 Å². The lowest BCUT2D eigenvalue weighted by Crippen LogP contribution is -2.46. The summed E-state index contributed by atoms with van der Waals surface area (Å²) in [5, 5.41) is 3.22. The average molecular weight is 339 g/mol. The van der Waals surface area contributed by atoms with E-state index < -0.39 is 11.9 Å². The van der Waals surface area contributed by atoms with Crippen LogP contribution in [0.2, 0.25) is 5.02 Å². The van der Waals surface area contributed by atoms with Crippen molar-refractivity contribution in [1.82, 2.24) is 5.32 Å². The lowest BCUT2D eigenvalue weighted by molar-refractivity contribution is -0.127. The summed E-state index contributed by atoms with van der Waals surface area (Å²) in [7, 11) is 1.54. The van der Waals surface area contributed by atoms with Gasteiger partial charge < -0.3 is 15.8 Å². The third-order valence-electron chi connectivity index (χ3n) is 4.28. The van der Waals surface area contributed by atoms with Gasteiger partial charge in [-0.05, 0) is 36.5 Å². The molecule has 0 spiro atoms. The Bertz CT molecular complexity index is 571. The first-order chi connectivity index (χ1) is 11.0. The highest BCUT2D eigenvalue weighted by Crippen LogP contribution is 2.27. The zero-order valence-corrected chi connectivity index (χ0v) is 14.1. The average Bonchev–Trinajstić information content (AvgIpc) is 2.99. The molecule has 2 amide bonds. The van der Waals surface area contributed by atoms with Crippen LogP contribution in [0, 0.1) is 5.92 Å². The van der Waals surface area contributed by atoms with Crippen LogP contribution in [-0.4, -0.2) is 25.0 Å². The van der Waals surface area contributed by atoms with Crippen molar-refractivity contribution in [1.29, 1.82) is 0 Å². The topological polar surface area (TPSA) is 81.4 Å². The van der Waals surface area contributed by atoms with Gasteiger partial charge in [-0.3, -0.25) is 9.59 Å². The fraction of sp³-hybridized carbons (Fsp3) is 0.529. The van der Waals surface area contributed by atoms with E-state index in [1.807, 2.05) is 6.07 Å². The monoisotopic (exact) mass is 338 g/mol. The summed E-state index contributed by atoms with van der Waals surface area (Å²) in [6.07, 6.45) is 5.32. The van der Waals surface area contributed by atoms with Gasteiger partial charge in [0.2, 0.25) is 11.8 Å². The second-order valence-electron chi connectivity index (χ2n) is 6.05. The number of primary amides is 1. The van der Waals surface area contributed by atoms with E-state index in [4.69, 9.17) is 22.1 Å². The van der Waals surface area contributed by atoms with Gasteiger partial charge in [-0.2, -0.15) is 0 Å². The molecule has 23 heavy (non-hydrogen) atoms. The number of hydrogen-bond donors (Lipinski definition) is 2. The first kappa shape index (κ1) is 17.6. The number of amides is 2. The van der Waals surface area contributed by atoms with E-state index in [1.54, 1.807) is 12.1 Å². The number of hydrogen-bond acceptors (Lipinski definition) is 3. The van der Waals surface area contributed by atoms with Gasteiger partial charge in [0.05, 0.1) is 12.1 Å². The molecule has 1 aliphatic carbocycles. The Morgan fingerprint density at radius 1 is 1.39 bits per heavy atom. The molecule has 1 atom stereocenters. The SMILES string of the molecule is COc1ccc(C[C@H](NC(=O)CC2CCCC2)C(N)=O)cc1Cl. The Hall–Kier alpha value is -1.75. The summed E-state index contributed by atoms with van der Waals surface area (Å²) in [5.41, 5.74) is 6.24. The third kappa shape index (κ3) is 5.13. The van der Waals surface area contributed by atoms with E-state index in [0.29, 0.717) is 29.5 Å². The molecule has 6 heteroatoms. The number of carbonyl (C=O) groups is 2. The van der Waals surface area contributed by atoms with Gasteiger partial charge >= 0.3 is 0 Å². The molecule has 1 aliphatic rings. The van der Waals surface area contributed by atoms with Gasteiger partial charge in [0.25, 0.3) is 0 Å². The van der Waals surface area contributed by atoms with E-state index in [0.717, 1.165) is 18.4 Å². The van der Waals surface area contributed by atoms with E-state index in [-0.39, 0.29) is 5.91 Å². The molecule has 0 saturated heterocycles. The van der Waals surface area contributed by atoms with Crippen LogP contribution >= 0.6 is 11.6 Å². The maximum atomic E-state index is 12.1. The Morgan fingerprint density at radius 3 is 2.65 bits per heavy atom. The normalized spacial score (nSPS) is 16.1. The molecule has 1 saturated carbocycles. The molecule has 0 radical (unpaired) electrons. The molecule has 1 aromatic rings. The van der Waals surface area contributed by atoms with Crippen molar-refractivity contribution in [2.45, 2.75) is 44.6 Å². The molecule has 2 rings (SSSR count). The minimum Gasteiger partial charge on any atom is -0.495 e. The number of carbonyl (C=O) groups excluding carboxylic acids is 2. The molecule has 0 aromatic heterocycles. The fourth-order valence-electron chi connectivity index (χ4n) is 3.03. The Kier molecular flexibility index (Phi) is 6.28. The second-order valence-corrected chi connectivity index (χ2v) is 6.46. The van der Waals surface area contributed by atoms with E-state index in [2.05, 4.69) is 5.32 Å². The summed E-state index contributed by atoms with van der Waals surface area (Å²) in [5.74, 6) is 0.340. The summed E-state index contributed by atoms with van der Waals surface area (Å²) < 4.78 is 5.10. The van der Waals surface area contributed by atoms with E-state index in [1.165, 1.54) is 20.0 Å². The summed E-state index contributed by atoms with van der Waals surface area (Å²) in [4.78, 5) is 23.7. The van der Waals surface area contributed by atoms with Crippen LogP contribution in [0.5, 0.6) is 5.75 Å². The Labute approximate surface area is 141 Å². The van der Waals surface area contributed by atoms with Crippen molar-refractivity contribution in [3.05, 3.63) is 28.8 Å².